The lowest BCUT2D eigenvalue weighted by Gasteiger charge is -2.09. The van der Waals surface area contributed by atoms with Gasteiger partial charge in [0.1, 0.15) is 5.82 Å². The van der Waals surface area contributed by atoms with Crippen molar-refractivity contribution in [2.24, 2.45) is 5.92 Å². The number of hydrogen-bond acceptors (Lipinski definition) is 0. The Bertz CT molecular complexity index is 347. The molecule has 0 radical (unpaired) electrons. The molecule has 82 valence electrons. The van der Waals surface area contributed by atoms with Gasteiger partial charge in [-0.2, -0.15) is 0 Å². The van der Waals surface area contributed by atoms with Crippen molar-refractivity contribution in [3.63, 3.8) is 0 Å². The Labute approximate surface area is 107 Å². The summed E-state index contributed by atoms with van der Waals surface area (Å²) in [4.78, 5) is 0.604. The summed E-state index contributed by atoms with van der Waals surface area (Å²) in [5.41, 5.74) is 1.07. The fraction of sp³-hybridized carbons (Fsp3) is 0.500. The van der Waals surface area contributed by atoms with E-state index in [1.807, 2.05) is 0 Å². The van der Waals surface area contributed by atoms with Crippen LogP contribution in [0.15, 0.2) is 22.7 Å². The van der Waals surface area contributed by atoms with E-state index in [9.17, 15) is 4.39 Å². The summed E-state index contributed by atoms with van der Waals surface area (Å²) in [5, 5.41) is 0. The van der Waals surface area contributed by atoms with Gasteiger partial charge in [-0.1, -0.05) is 31.9 Å². The van der Waals surface area contributed by atoms with Gasteiger partial charge in [0.25, 0.3) is 0 Å². The highest BCUT2D eigenvalue weighted by molar-refractivity contribution is 9.10. The Morgan fingerprint density at radius 2 is 2.13 bits per heavy atom. The van der Waals surface area contributed by atoms with Crippen LogP contribution in [0.2, 0.25) is 0 Å². The highest BCUT2D eigenvalue weighted by atomic mass is 79.9. The third-order valence-electron chi connectivity index (χ3n) is 2.83. The van der Waals surface area contributed by atoms with Crippen molar-refractivity contribution in [2.45, 2.75) is 30.5 Å². The van der Waals surface area contributed by atoms with E-state index >= 15 is 0 Å². The van der Waals surface area contributed by atoms with Gasteiger partial charge in [-0.05, 0) is 55.4 Å². The smallest absolute Gasteiger partial charge is 0.123 e. The number of halogens is 3. The van der Waals surface area contributed by atoms with Crippen molar-refractivity contribution in [2.75, 3.05) is 0 Å². The van der Waals surface area contributed by atoms with Gasteiger partial charge in [0.2, 0.25) is 0 Å². The molecule has 0 bridgehead atoms. The number of benzene rings is 1. The molecule has 0 aliphatic heterocycles. The van der Waals surface area contributed by atoms with Crippen LogP contribution in [0.3, 0.4) is 0 Å². The van der Waals surface area contributed by atoms with E-state index in [-0.39, 0.29) is 5.82 Å². The van der Waals surface area contributed by atoms with E-state index in [0.29, 0.717) is 4.83 Å². The van der Waals surface area contributed by atoms with Gasteiger partial charge in [0.15, 0.2) is 0 Å². The highest BCUT2D eigenvalue weighted by Crippen LogP contribution is 2.38. The zero-order chi connectivity index (χ0) is 10.8. The summed E-state index contributed by atoms with van der Waals surface area (Å²) in [6.07, 6.45) is 4.72. The molecule has 0 aromatic heterocycles. The van der Waals surface area contributed by atoms with Crippen LogP contribution in [0, 0.1) is 11.7 Å². The van der Waals surface area contributed by atoms with Crippen molar-refractivity contribution in [3.05, 3.63) is 34.1 Å². The average molecular weight is 336 g/mol. The maximum Gasteiger partial charge on any atom is 0.123 e. The lowest BCUT2D eigenvalue weighted by Crippen LogP contribution is -2.02. The fourth-order valence-electron chi connectivity index (χ4n) is 1.72. The Hall–Kier alpha value is 0.110. The van der Waals surface area contributed by atoms with Crippen LogP contribution in [-0.2, 0) is 6.42 Å². The second-order valence-corrected chi connectivity index (χ2v) is 6.16. The average Bonchev–Trinajstić information content (AvgIpc) is 3.02. The molecule has 0 nitrogen and oxygen atoms in total. The molecule has 15 heavy (non-hydrogen) atoms. The van der Waals surface area contributed by atoms with Gasteiger partial charge in [0, 0.05) is 9.30 Å². The van der Waals surface area contributed by atoms with E-state index in [2.05, 4.69) is 31.9 Å². The molecule has 1 unspecified atom stereocenters. The topological polar surface area (TPSA) is 0 Å². The zero-order valence-electron chi connectivity index (χ0n) is 8.35. The highest BCUT2D eigenvalue weighted by Gasteiger charge is 2.28. The number of aryl methyl sites for hydroxylation is 1. The normalized spacial score (nSPS) is 17.8. The van der Waals surface area contributed by atoms with Crippen LogP contribution in [0.5, 0.6) is 0 Å². The molecule has 1 aromatic carbocycles. The maximum atomic E-state index is 13.0. The molecule has 1 aliphatic carbocycles. The molecule has 2 rings (SSSR count). The van der Waals surface area contributed by atoms with Crippen molar-refractivity contribution in [3.8, 4) is 0 Å². The minimum Gasteiger partial charge on any atom is -0.207 e. The Morgan fingerprint density at radius 1 is 1.40 bits per heavy atom. The lowest BCUT2D eigenvalue weighted by atomic mass is 10.1. The van der Waals surface area contributed by atoms with Crippen molar-refractivity contribution < 1.29 is 4.39 Å². The van der Waals surface area contributed by atoms with E-state index in [4.69, 9.17) is 0 Å². The van der Waals surface area contributed by atoms with E-state index < -0.39 is 0 Å². The van der Waals surface area contributed by atoms with Crippen LogP contribution in [0.25, 0.3) is 0 Å². The second-order valence-electron chi connectivity index (χ2n) is 4.13. The van der Waals surface area contributed by atoms with Gasteiger partial charge in [-0.3, -0.25) is 0 Å². The third kappa shape index (κ3) is 3.28. The van der Waals surface area contributed by atoms with Gasteiger partial charge in [-0.15, -0.1) is 0 Å². The Balaban J connectivity index is 1.94. The number of alkyl halides is 1. The third-order valence-corrected chi connectivity index (χ3v) is 4.81. The first-order valence-electron chi connectivity index (χ1n) is 5.25. The Morgan fingerprint density at radius 3 is 2.80 bits per heavy atom. The standard InChI is InChI=1S/C12H13Br2F/c13-11(8-1-2-8)5-3-9-7-10(15)4-6-12(9)14/h4,6-8,11H,1-3,5H2. The molecule has 0 saturated heterocycles. The molecular weight excluding hydrogens is 323 g/mol. The van der Waals surface area contributed by atoms with Crippen molar-refractivity contribution in [1.29, 1.82) is 0 Å². The number of rotatable bonds is 4. The summed E-state index contributed by atoms with van der Waals surface area (Å²) in [6.45, 7) is 0. The monoisotopic (exact) mass is 334 g/mol. The van der Waals surface area contributed by atoms with Crippen molar-refractivity contribution >= 4 is 31.9 Å². The summed E-state index contributed by atoms with van der Waals surface area (Å²) in [7, 11) is 0. The van der Waals surface area contributed by atoms with Gasteiger partial charge >= 0.3 is 0 Å². The molecule has 3 heteroatoms. The summed E-state index contributed by atoms with van der Waals surface area (Å²) in [5.74, 6) is 0.711. The molecule has 1 aromatic rings. The van der Waals surface area contributed by atoms with Crippen molar-refractivity contribution in [1.82, 2.24) is 0 Å². The molecule has 0 amide bonds. The maximum absolute atomic E-state index is 13.0. The summed E-state index contributed by atoms with van der Waals surface area (Å²) < 4.78 is 14.0. The first-order chi connectivity index (χ1) is 7.16. The van der Waals surface area contributed by atoms with Crippen LogP contribution in [0.1, 0.15) is 24.8 Å². The lowest BCUT2D eigenvalue weighted by molar-refractivity contribution is 0.622. The molecule has 0 heterocycles. The summed E-state index contributed by atoms with van der Waals surface area (Å²) >= 11 is 7.15. The molecule has 0 spiro atoms. The minimum atomic E-state index is -0.147. The SMILES string of the molecule is Fc1ccc(Br)c(CCC(Br)C2CC2)c1. The minimum absolute atomic E-state index is 0.147. The zero-order valence-corrected chi connectivity index (χ0v) is 11.5. The van der Waals surface area contributed by atoms with E-state index in [1.54, 1.807) is 12.1 Å². The molecule has 1 atom stereocenters. The molecule has 1 aliphatic rings. The van der Waals surface area contributed by atoms with Crippen LogP contribution < -0.4 is 0 Å². The fourth-order valence-corrected chi connectivity index (χ4v) is 2.92. The first kappa shape index (κ1) is 11.6. The predicted molar refractivity (Wildman–Crippen MR) is 67.9 cm³/mol. The largest absolute Gasteiger partial charge is 0.207 e. The number of hydrogen-bond donors (Lipinski definition) is 0. The van der Waals surface area contributed by atoms with Gasteiger partial charge in [0.05, 0.1) is 0 Å². The molecule has 1 fully saturated rings. The van der Waals surface area contributed by atoms with Gasteiger partial charge < -0.3 is 0 Å². The van der Waals surface area contributed by atoms with Crippen LogP contribution in [-0.4, -0.2) is 4.83 Å². The molecule has 0 N–H and O–H groups in total. The van der Waals surface area contributed by atoms with Crippen LogP contribution >= 0.6 is 31.9 Å². The van der Waals surface area contributed by atoms with E-state index in [1.165, 1.54) is 18.9 Å². The quantitative estimate of drug-likeness (QED) is 0.700. The van der Waals surface area contributed by atoms with E-state index in [0.717, 1.165) is 28.8 Å². The second kappa shape index (κ2) is 4.96. The Kier molecular flexibility index (Phi) is 3.83. The predicted octanol–water partition coefficient (Wildman–Crippen LogP) is 4.69. The molecular formula is C12H13Br2F. The molecule has 1 saturated carbocycles. The van der Waals surface area contributed by atoms with Crippen LogP contribution in [0.4, 0.5) is 4.39 Å². The first-order valence-corrected chi connectivity index (χ1v) is 6.95. The van der Waals surface area contributed by atoms with Gasteiger partial charge in [-0.25, -0.2) is 4.39 Å². The summed E-state index contributed by atoms with van der Waals surface area (Å²) in [6, 6.07) is 4.89.